The summed E-state index contributed by atoms with van der Waals surface area (Å²) in [5.74, 6) is 0.629. The summed E-state index contributed by atoms with van der Waals surface area (Å²) in [6.45, 7) is 1.86. The van der Waals surface area contributed by atoms with Crippen LogP contribution < -0.4 is 0 Å². The second kappa shape index (κ2) is 4.99. The molecule has 1 heterocycles. The zero-order valence-electron chi connectivity index (χ0n) is 7.73. The van der Waals surface area contributed by atoms with Gasteiger partial charge in [0, 0.05) is 19.4 Å². The largest absolute Gasteiger partial charge is 0.449 e. The van der Waals surface area contributed by atoms with Crippen molar-refractivity contribution < 1.29 is 14.6 Å². The van der Waals surface area contributed by atoms with Crippen LogP contribution >= 0.6 is 0 Å². The van der Waals surface area contributed by atoms with E-state index in [0.29, 0.717) is 25.2 Å². The quantitative estimate of drug-likeness (QED) is 0.702. The van der Waals surface area contributed by atoms with Gasteiger partial charge in [0.15, 0.2) is 5.89 Å². The van der Waals surface area contributed by atoms with E-state index in [0.717, 1.165) is 5.69 Å². The molecule has 1 rings (SSSR count). The fourth-order valence-electron chi connectivity index (χ4n) is 1.09. The molecule has 0 saturated heterocycles. The highest BCUT2D eigenvalue weighted by molar-refractivity contribution is 4.97. The molecule has 4 heteroatoms. The lowest BCUT2D eigenvalue weighted by atomic mass is 10.2. The number of aromatic nitrogens is 1. The number of aliphatic hydroxyl groups is 2. The first-order valence-corrected chi connectivity index (χ1v) is 4.44. The molecule has 0 radical (unpaired) electrons. The van der Waals surface area contributed by atoms with Crippen LogP contribution in [0.1, 0.15) is 24.9 Å². The van der Waals surface area contributed by atoms with Crippen LogP contribution in [0.5, 0.6) is 0 Å². The maximum atomic E-state index is 9.07. The third kappa shape index (κ3) is 3.57. The first-order valence-electron chi connectivity index (χ1n) is 4.44. The summed E-state index contributed by atoms with van der Waals surface area (Å²) in [5.41, 5.74) is 0.767. The van der Waals surface area contributed by atoms with Crippen LogP contribution in [0.3, 0.4) is 0 Å². The van der Waals surface area contributed by atoms with E-state index in [1.807, 2.05) is 0 Å². The van der Waals surface area contributed by atoms with Gasteiger partial charge in [0.1, 0.15) is 6.26 Å². The topological polar surface area (TPSA) is 66.5 Å². The highest BCUT2D eigenvalue weighted by Gasteiger charge is 2.05. The van der Waals surface area contributed by atoms with Crippen LogP contribution in [0.15, 0.2) is 10.7 Å². The second-order valence-electron chi connectivity index (χ2n) is 3.11. The Labute approximate surface area is 77.2 Å². The summed E-state index contributed by atoms with van der Waals surface area (Å²) in [7, 11) is 0. The number of rotatable bonds is 5. The molecule has 0 aliphatic carbocycles. The second-order valence-corrected chi connectivity index (χ2v) is 3.11. The van der Waals surface area contributed by atoms with Gasteiger partial charge in [0.2, 0.25) is 0 Å². The molecule has 13 heavy (non-hydrogen) atoms. The minimum atomic E-state index is -0.393. The predicted octanol–water partition coefficient (Wildman–Crippen LogP) is 0.523. The first kappa shape index (κ1) is 10.2. The third-order valence-electron chi connectivity index (χ3n) is 1.65. The molecule has 0 aromatic carbocycles. The van der Waals surface area contributed by atoms with Crippen molar-refractivity contribution in [2.24, 2.45) is 0 Å². The molecule has 0 amide bonds. The van der Waals surface area contributed by atoms with Gasteiger partial charge in [-0.2, -0.15) is 0 Å². The standard InChI is InChI=1S/C9H15NO3/c1-7(12)5-8-6-13-9(10-8)3-2-4-11/h6-7,11-12H,2-5H2,1H3. The van der Waals surface area contributed by atoms with E-state index in [1.165, 1.54) is 0 Å². The summed E-state index contributed by atoms with van der Waals surface area (Å²) >= 11 is 0. The number of aliphatic hydroxyl groups excluding tert-OH is 2. The van der Waals surface area contributed by atoms with Gasteiger partial charge >= 0.3 is 0 Å². The minimum absolute atomic E-state index is 0.147. The van der Waals surface area contributed by atoms with Gasteiger partial charge in [-0.15, -0.1) is 0 Å². The van der Waals surface area contributed by atoms with Gasteiger partial charge < -0.3 is 14.6 Å². The average molecular weight is 185 g/mol. The summed E-state index contributed by atoms with van der Waals surface area (Å²) in [5, 5.41) is 17.6. The van der Waals surface area contributed by atoms with Crippen LogP contribution in [0.25, 0.3) is 0 Å². The highest BCUT2D eigenvalue weighted by Crippen LogP contribution is 2.06. The van der Waals surface area contributed by atoms with Crippen molar-refractivity contribution in [3.8, 4) is 0 Å². The van der Waals surface area contributed by atoms with Gasteiger partial charge in [-0.3, -0.25) is 0 Å². The Bertz CT molecular complexity index is 245. The van der Waals surface area contributed by atoms with Crippen LogP contribution in [0.2, 0.25) is 0 Å². The molecule has 0 spiro atoms. The SMILES string of the molecule is CC(O)Cc1coc(CCCO)n1. The fourth-order valence-corrected chi connectivity index (χ4v) is 1.09. The maximum Gasteiger partial charge on any atom is 0.194 e. The molecule has 1 aromatic rings. The molecular formula is C9H15NO3. The average Bonchev–Trinajstić information content (AvgIpc) is 2.48. The van der Waals surface area contributed by atoms with Crippen molar-refractivity contribution in [1.29, 1.82) is 0 Å². The van der Waals surface area contributed by atoms with Crippen LogP contribution in [0, 0.1) is 0 Å². The van der Waals surface area contributed by atoms with Crippen molar-refractivity contribution in [3.05, 3.63) is 17.8 Å². The minimum Gasteiger partial charge on any atom is -0.449 e. The fraction of sp³-hybridized carbons (Fsp3) is 0.667. The Hall–Kier alpha value is -0.870. The van der Waals surface area contributed by atoms with E-state index >= 15 is 0 Å². The van der Waals surface area contributed by atoms with Gasteiger partial charge in [-0.25, -0.2) is 4.98 Å². The molecule has 1 aromatic heterocycles. The molecule has 0 fully saturated rings. The van der Waals surface area contributed by atoms with Gasteiger partial charge in [-0.05, 0) is 13.3 Å². The number of hydrogen-bond donors (Lipinski definition) is 2. The van der Waals surface area contributed by atoms with Crippen molar-refractivity contribution >= 4 is 0 Å². The lowest BCUT2D eigenvalue weighted by molar-refractivity contribution is 0.194. The maximum absolute atomic E-state index is 9.07. The summed E-state index contributed by atoms with van der Waals surface area (Å²) in [6.07, 6.45) is 2.99. The zero-order valence-corrected chi connectivity index (χ0v) is 7.73. The highest BCUT2D eigenvalue weighted by atomic mass is 16.3. The number of hydrogen-bond acceptors (Lipinski definition) is 4. The zero-order chi connectivity index (χ0) is 9.68. The van der Waals surface area contributed by atoms with E-state index < -0.39 is 6.10 Å². The Kier molecular flexibility index (Phi) is 3.92. The van der Waals surface area contributed by atoms with E-state index in [9.17, 15) is 0 Å². The van der Waals surface area contributed by atoms with Crippen molar-refractivity contribution in [2.45, 2.75) is 32.3 Å². The van der Waals surface area contributed by atoms with Gasteiger partial charge in [0.05, 0.1) is 11.8 Å². The van der Waals surface area contributed by atoms with E-state index in [2.05, 4.69) is 4.98 Å². The molecule has 1 atom stereocenters. The summed E-state index contributed by atoms with van der Waals surface area (Å²) in [6, 6.07) is 0. The smallest absolute Gasteiger partial charge is 0.194 e. The van der Waals surface area contributed by atoms with Crippen LogP contribution in [0.4, 0.5) is 0 Å². The Morgan fingerprint density at radius 1 is 1.62 bits per heavy atom. The van der Waals surface area contributed by atoms with Crippen molar-refractivity contribution in [3.63, 3.8) is 0 Å². The normalized spacial score (nSPS) is 13.2. The molecule has 0 aliphatic heterocycles. The number of oxazole rings is 1. The molecular weight excluding hydrogens is 170 g/mol. The Balaban J connectivity index is 2.44. The lowest BCUT2D eigenvalue weighted by Crippen LogP contribution is -2.04. The summed E-state index contributed by atoms with van der Waals surface area (Å²) in [4.78, 5) is 4.15. The molecule has 0 aliphatic rings. The molecule has 2 N–H and O–H groups in total. The number of nitrogens with zero attached hydrogens (tertiary/aromatic N) is 1. The molecule has 4 nitrogen and oxygen atoms in total. The van der Waals surface area contributed by atoms with Gasteiger partial charge in [0.25, 0.3) is 0 Å². The van der Waals surface area contributed by atoms with E-state index in [1.54, 1.807) is 13.2 Å². The monoisotopic (exact) mass is 185 g/mol. The van der Waals surface area contributed by atoms with Crippen LogP contribution in [-0.4, -0.2) is 27.9 Å². The van der Waals surface area contributed by atoms with E-state index in [-0.39, 0.29) is 6.61 Å². The van der Waals surface area contributed by atoms with E-state index in [4.69, 9.17) is 14.6 Å². The first-order chi connectivity index (χ1) is 6.22. The van der Waals surface area contributed by atoms with Gasteiger partial charge in [-0.1, -0.05) is 0 Å². The van der Waals surface area contributed by atoms with Crippen molar-refractivity contribution in [2.75, 3.05) is 6.61 Å². The molecule has 74 valence electrons. The lowest BCUT2D eigenvalue weighted by Gasteiger charge is -1.97. The summed E-state index contributed by atoms with van der Waals surface area (Å²) < 4.78 is 5.13. The molecule has 0 saturated carbocycles. The van der Waals surface area contributed by atoms with Crippen molar-refractivity contribution in [1.82, 2.24) is 4.98 Å². The van der Waals surface area contributed by atoms with Crippen LogP contribution in [-0.2, 0) is 12.8 Å². The molecule has 0 bridgehead atoms. The molecule has 1 unspecified atom stereocenters. The predicted molar refractivity (Wildman–Crippen MR) is 47.3 cm³/mol. The number of aryl methyl sites for hydroxylation is 1. The third-order valence-corrected chi connectivity index (χ3v) is 1.65. The Morgan fingerprint density at radius 2 is 2.38 bits per heavy atom. The Morgan fingerprint density at radius 3 is 3.00 bits per heavy atom.